The van der Waals surface area contributed by atoms with E-state index in [9.17, 15) is 9.59 Å². The van der Waals surface area contributed by atoms with E-state index in [-0.39, 0.29) is 49.1 Å². The van der Waals surface area contributed by atoms with Crippen LogP contribution in [0.4, 0.5) is 5.69 Å². The summed E-state index contributed by atoms with van der Waals surface area (Å²) in [4.78, 5) is 27.6. The SMILES string of the molecule is CC(C)[C@H](N)C(=O)NCC(=O)Nc1cccc(Oc2ccncc2)c1.Cl.Cl. The van der Waals surface area contributed by atoms with Gasteiger partial charge in [-0.05, 0) is 30.2 Å². The highest BCUT2D eigenvalue weighted by molar-refractivity contribution is 5.95. The third-order valence-electron chi connectivity index (χ3n) is 3.45. The van der Waals surface area contributed by atoms with E-state index >= 15 is 0 Å². The Morgan fingerprint density at radius 3 is 2.41 bits per heavy atom. The van der Waals surface area contributed by atoms with Crippen molar-refractivity contribution in [2.24, 2.45) is 11.7 Å². The van der Waals surface area contributed by atoms with Crippen LogP contribution in [0.1, 0.15) is 13.8 Å². The zero-order valence-electron chi connectivity index (χ0n) is 15.0. The molecule has 2 rings (SSSR count). The molecule has 2 amide bonds. The van der Waals surface area contributed by atoms with Gasteiger partial charge in [0, 0.05) is 24.1 Å². The summed E-state index contributed by atoms with van der Waals surface area (Å²) in [6.07, 6.45) is 3.26. The molecular weight excluding hydrogens is 391 g/mol. The number of carbonyl (C=O) groups excluding carboxylic acids is 2. The van der Waals surface area contributed by atoms with E-state index in [1.165, 1.54) is 0 Å². The number of nitrogens with zero attached hydrogens (tertiary/aromatic N) is 1. The average molecular weight is 415 g/mol. The Morgan fingerprint density at radius 2 is 1.78 bits per heavy atom. The van der Waals surface area contributed by atoms with Gasteiger partial charge >= 0.3 is 0 Å². The lowest BCUT2D eigenvalue weighted by Crippen LogP contribution is -2.46. The molecule has 0 fully saturated rings. The predicted octanol–water partition coefficient (Wildman–Crippen LogP) is 2.76. The molecule has 2 aromatic rings. The lowest BCUT2D eigenvalue weighted by atomic mass is 10.1. The Balaban J connectivity index is 0.00000338. The van der Waals surface area contributed by atoms with Crippen molar-refractivity contribution in [1.29, 1.82) is 0 Å². The van der Waals surface area contributed by atoms with Gasteiger partial charge in [-0.15, -0.1) is 24.8 Å². The van der Waals surface area contributed by atoms with Crippen LogP contribution in [0, 0.1) is 5.92 Å². The highest BCUT2D eigenvalue weighted by atomic mass is 35.5. The fraction of sp³-hybridized carbons (Fsp3) is 0.278. The number of amides is 2. The normalized spacial score (nSPS) is 10.8. The number of nitrogens with one attached hydrogen (secondary N) is 2. The van der Waals surface area contributed by atoms with E-state index in [0.29, 0.717) is 17.2 Å². The van der Waals surface area contributed by atoms with Crippen LogP contribution >= 0.6 is 24.8 Å². The van der Waals surface area contributed by atoms with Crippen molar-refractivity contribution in [2.75, 3.05) is 11.9 Å². The van der Waals surface area contributed by atoms with Gasteiger partial charge in [-0.3, -0.25) is 14.6 Å². The first-order valence-corrected chi connectivity index (χ1v) is 7.97. The molecule has 0 saturated carbocycles. The van der Waals surface area contributed by atoms with Crippen molar-refractivity contribution in [2.45, 2.75) is 19.9 Å². The summed E-state index contributed by atoms with van der Waals surface area (Å²) >= 11 is 0. The van der Waals surface area contributed by atoms with Crippen LogP contribution < -0.4 is 21.1 Å². The smallest absolute Gasteiger partial charge is 0.243 e. The zero-order valence-corrected chi connectivity index (χ0v) is 16.7. The second-order valence-corrected chi connectivity index (χ2v) is 5.85. The first-order valence-electron chi connectivity index (χ1n) is 7.97. The van der Waals surface area contributed by atoms with Crippen LogP contribution in [-0.4, -0.2) is 29.4 Å². The van der Waals surface area contributed by atoms with Gasteiger partial charge in [0.05, 0.1) is 12.6 Å². The molecule has 27 heavy (non-hydrogen) atoms. The maximum Gasteiger partial charge on any atom is 0.243 e. The molecule has 1 aromatic carbocycles. The molecule has 148 valence electrons. The maximum atomic E-state index is 12.0. The van der Waals surface area contributed by atoms with Gasteiger partial charge in [-0.2, -0.15) is 0 Å². The largest absolute Gasteiger partial charge is 0.457 e. The number of aromatic nitrogens is 1. The van der Waals surface area contributed by atoms with Gasteiger partial charge in [0.2, 0.25) is 11.8 Å². The number of carbonyl (C=O) groups is 2. The number of nitrogens with two attached hydrogens (primary N) is 1. The van der Waals surface area contributed by atoms with Gasteiger partial charge in [-0.25, -0.2) is 0 Å². The third kappa shape index (κ3) is 8.25. The molecule has 0 radical (unpaired) electrons. The fourth-order valence-electron chi connectivity index (χ4n) is 1.97. The number of rotatable bonds is 7. The van der Waals surface area contributed by atoms with E-state index in [1.807, 2.05) is 13.8 Å². The molecule has 1 atom stereocenters. The van der Waals surface area contributed by atoms with Gasteiger partial charge in [0.25, 0.3) is 0 Å². The van der Waals surface area contributed by atoms with Gasteiger partial charge in [0.1, 0.15) is 11.5 Å². The van der Waals surface area contributed by atoms with E-state index in [0.717, 1.165) is 0 Å². The van der Waals surface area contributed by atoms with Crippen molar-refractivity contribution in [3.63, 3.8) is 0 Å². The second-order valence-electron chi connectivity index (χ2n) is 5.85. The monoisotopic (exact) mass is 414 g/mol. The molecule has 0 aliphatic carbocycles. The van der Waals surface area contributed by atoms with E-state index in [1.54, 1.807) is 48.8 Å². The highest BCUT2D eigenvalue weighted by Gasteiger charge is 2.17. The topological polar surface area (TPSA) is 106 Å². The Kier molecular flexibility index (Phi) is 11.1. The van der Waals surface area contributed by atoms with E-state index in [4.69, 9.17) is 10.5 Å². The third-order valence-corrected chi connectivity index (χ3v) is 3.45. The van der Waals surface area contributed by atoms with Crippen molar-refractivity contribution >= 4 is 42.3 Å². The molecule has 7 nitrogen and oxygen atoms in total. The number of hydrogen-bond acceptors (Lipinski definition) is 5. The second kappa shape index (κ2) is 12.1. The molecule has 0 unspecified atom stereocenters. The Morgan fingerprint density at radius 1 is 1.11 bits per heavy atom. The Labute approximate surface area is 170 Å². The van der Waals surface area contributed by atoms with E-state index < -0.39 is 6.04 Å². The van der Waals surface area contributed by atoms with Crippen LogP contribution in [0.15, 0.2) is 48.8 Å². The Hall–Kier alpha value is -2.35. The summed E-state index contributed by atoms with van der Waals surface area (Å²) in [6, 6.07) is 9.81. The van der Waals surface area contributed by atoms with Crippen LogP contribution in [-0.2, 0) is 9.59 Å². The molecule has 0 spiro atoms. The zero-order chi connectivity index (χ0) is 18.2. The van der Waals surface area contributed by atoms with Crippen LogP contribution in [0.3, 0.4) is 0 Å². The lowest BCUT2D eigenvalue weighted by molar-refractivity contribution is -0.125. The first-order chi connectivity index (χ1) is 12.0. The fourth-order valence-corrected chi connectivity index (χ4v) is 1.97. The predicted molar refractivity (Wildman–Crippen MR) is 110 cm³/mol. The van der Waals surface area contributed by atoms with Crippen LogP contribution in [0.5, 0.6) is 11.5 Å². The summed E-state index contributed by atoms with van der Waals surface area (Å²) in [5, 5.41) is 5.23. The van der Waals surface area contributed by atoms with Crippen LogP contribution in [0.25, 0.3) is 0 Å². The summed E-state index contributed by atoms with van der Waals surface area (Å²) < 4.78 is 5.68. The number of anilines is 1. The molecule has 4 N–H and O–H groups in total. The van der Waals surface area contributed by atoms with Crippen molar-refractivity contribution in [1.82, 2.24) is 10.3 Å². The Bertz CT molecular complexity index is 730. The molecule has 9 heteroatoms. The van der Waals surface area contributed by atoms with Crippen molar-refractivity contribution < 1.29 is 14.3 Å². The molecule has 0 aliphatic rings. The van der Waals surface area contributed by atoms with Gasteiger partial charge < -0.3 is 21.1 Å². The number of ether oxygens (including phenoxy) is 1. The summed E-state index contributed by atoms with van der Waals surface area (Å²) in [5.74, 6) is 0.540. The summed E-state index contributed by atoms with van der Waals surface area (Å²) in [5.41, 5.74) is 6.30. The summed E-state index contributed by atoms with van der Waals surface area (Å²) in [6.45, 7) is 3.55. The quantitative estimate of drug-likeness (QED) is 0.645. The summed E-state index contributed by atoms with van der Waals surface area (Å²) in [7, 11) is 0. The molecule has 1 aromatic heterocycles. The standard InChI is InChI=1S/C18H22N4O3.2ClH/c1-12(2)17(19)18(24)21-11-16(23)22-13-4-3-5-15(10-13)25-14-6-8-20-9-7-14;;/h3-10,12,17H,11,19H2,1-2H3,(H,21,24)(H,22,23);2*1H/t17-;;/m0../s1. The van der Waals surface area contributed by atoms with Crippen LogP contribution in [0.2, 0.25) is 0 Å². The number of pyridine rings is 1. The average Bonchev–Trinajstić information content (AvgIpc) is 2.60. The minimum absolute atomic E-state index is 0. The van der Waals surface area contributed by atoms with Crippen molar-refractivity contribution in [3.05, 3.63) is 48.8 Å². The molecule has 0 aliphatic heterocycles. The number of hydrogen-bond donors (Lipinski definition) is 3. The lowest BCUT2D eigenvalue weighted by Gasteiger charge is -2.15. The van der Waals surface area contributed by atoms with Crippen molar-refractivity contribution in [3.8, 4) is 11.5 Å². The highest BCUT2D eigenvalue weighted by Crippen LogP contribution is 2.23. The number of halogens is 2. The molecule has 0 bridgehead atoms. The minimum Gasteiger partial charge on any atom is -0.457 e. The first kappa shape index (κ1) is 24.7. The number of benzene rings is 1. The van der Waals surface area contributed by atoms with Gasteiger partial charge in [0.15, 0.2) is 0 Å². The maximum absolute atomic E-state index is 12.0. The van der Waals surface area contributed by atoms with Gasteiger partial charge in [-0.1, -0.05) is 19.9 Å². The molecule has 1 heterocycles. The minimum atomic E-state index is -0.634. The van der Waals surface area contributed by atoms with E-state index in [2.05, 4.69) is 15.6 Å². The molecule has 0 saturated heterocycles. The molecular formula is C18H24Cl2N4O3.